The van der Waals surface area contributed by atoms with Crippen LogP contribution in [0.2, 0.25) is 0 Å². The number of allylic oxidation sites excluding steroid dienone is 1. The first-order chi connectivity index (χ1) is 7.70. The summed E-state index contributed by atoms with van der Waals surface area (Å²) >= 11 is 0. The van der Waals surface area contributed by atoms with Crippen LogP contribution in [0.1, 0.15) is 24.0 Å². The van der Waals surface area contributed by atoms with E-state index in [-0.39, 0.29) is 0 Å². The number of carbonyl (C=O) groups is 1. The number of carboxylic acid groups (broad SMARTS) is 1. The minimum absolute atomic E-state index is 0.755. The lowest BCUT2D eigenvalue weighted by Gasteiger charge is -2.20. The summed E-state index contributed by atoms with van der Waals surface area (Å²) in [7, 11) is 1.60. The van der Waals surface area contributed by atoms with Gasteiger partial charge in [0.05, 0.1) is 13.1 Å². The third-order valence-corrected chi connectivity index (χ3v) is 2.85. The maximum absolute atomic E-state index is 10.6. The summed E-state index contributed by atoms with van der Waals surface area (Å²) in [4.78, 5) is 10.6. The van der Waals surface area contributed by atoms with Crippen LogP contribution in [0.4, 0.5) is 0 Å². The van der Waals surface area contributed by atoms with E-state index in [1.54, 1.807) is 7.11 Å². The summed E-state index contributed by atoms with van der Waals surface area (Å²) in [5.74, 6) is -0.379. The highest BCUT2D eigenvalue weighted by atomic mass is 16.5. The van der Waals surface area contributed by atoms with Gasteiger partial charge in [-0.25, -0.2) is 0 Å². The van der Waals surface area contributed by atoms with Crippen molar-refractivity contribution in [1.82, 2.24) is 0 Å². The zero-order valence-electron chi connectivity index (χ0n) is 9.16. The van der Waals surface area contributed by atoms with Crippen LogP contribution in [0.5, 0.6) is 5.75 Å². The van der Waals surface area contributed by atoms with Crippen molar-refractivity contribution < 1.29 is 14.6 Å². The van der Waals surface area contributed by atoms with Crippen LogP contribution in [0.3, 0.4) is 0 Å². The summed E-state index contributed by atoms with van der Waals surface area (Å²) in [6.07, 6.45) is 3.95. The summed E-state index contributed by atoms with van der Waals surface area (Å²) in [5, 5.41) is 10.6. The molecule has 0 unspecified atom stereocenters. The fourth-order valence-corrected chi connectivity index (χ4v) is 2.10. The molecule has 0 bridgehead atoms. The van der Waals surface area contributed by atoms with Gasteiger partial charge in [0.25, 0.3) is 0 Å². The topological polar surface area (TPSA) is 49.4 Å². The first-order valence-electron chi connectivity index (χ1n) is 5.29. The first-order valence-corrected chi connectivity index (χ1v) is 5.29. The molecular formula is C13H13O3-. The van der Waals surface area contributed by atoms with Gasteiger partial charge >= 0.3 is 0 Å². The standard InChI is InChI=1S/C13H14O3/c1-16-11-6-5-9-3-2-4-10(7-13(14)15)12(9)8-11/h5-8H,2-4H2,1H3,(H,14,15)/p-1/b10-7-. The Labute approximate surface area is 94.4 Å². The van der Waals surface area contributed by atoms with Gasteiger partial charge in [0.15, 0.2) is 0 Å². The highest BCUT2D eigenvalue weighted by Crippen LogP contribution is 2.32. The number of benzene rings is 1. The van der Waals surface area contributed by atoms with Gasteiger partial charge in [-0.15, -0.1) is 0 Å². The molecule has 1 aromatic carbocycles. The van der Waals surface area contributed by atoms with Gasteiger partial charge < -0.3 is 14.6 Å². The number of hydrogen-bond donors (Lipinski definition) is 0. The zero-order valence-corrected chi connectivity index (χ0v) is 9.16. The quantitative estimate of drug-likeness (QED) is 0.698. The van der Waals surface area contributed by atoms with Gasteiger partial charge in [0, 0.05) is 0 Å². The van der Waals surface area contributed by atoms with E-state index >= 15 is 0 Å². The maximum Gasteiger partial charge on any atom is 0.119 e. The lowest BCUT2D eigenvalue weighted by Crippen LogP contribution is -2.20. The van der Waals surface area contributed by atoms with Gasteiger partial charge in [-0.05, 0) is 54.2 Å². The van der Waals surface area contributed by atoms with Crippen LogP contribution in [0.25, 0.3) is 5.57 Å². The summed E-state index contributed by atoms with van der Waals surface area (Å²) in [6, 6.07) is 5.79. The molecule has 0 aromatic heterocycles. The van der Waals surface area contributed by atoms with Crippen LogP contribution in [0, 0.1) is 0 Å². The largest absolute Gasteiger partial charge is 0.545 e. The SMILES string of the molecule is COc1ccc2c(c1)/C(=C\C(=O)[O-])CCC2. The molecule has 0 heterocycles. The number of carboxylic acids is 1. The van der Waals surface area contributed by atoms with Gasteiger partial charge in [-0.2, -0.15) is 0 Å². The van der Waals surface area contributed by atoms with Gasteiger partial charge in [0.2, 0.25) is 0 Å². The second-order valence-corrected chi connectivity index (χ2v) is 3.87. The van der Waals surface area contributed by atoms with E-state index in [9.17, 15) is 9.90 Å². The molecule has 0 radical (unpaired) electrons. The molecule has 0 fully saturated rings. The van der Waals surface area contributed by atoms with Crippen molar-refractivity contribution in [3.8, 4) is 5.75 Å². The number of ether oxygens (including phenoxy) is 1. The fourth-order valence-electron chi connectivity index (χ4n) is 2.10. The van der Waals surface area contributed by atoms with Crippen molar-refractivity contribution in [1.29, 1.82) is 0 Å². The molecule has 0 spiro atoms. The van der Waals surface area contributed by atoms with Crippen molar-refractivity contribution in [3.05, 3.63) is 35.4 Å². The predicted molar refractivity (Wildman–Crippen MR) is 58.9 cm³/mol. The average Bonchev–Trinajstić information content (AvgIpc) is 2.28. The number of aliphatic carboxylic acids is 1. The summed E-state index contributed by atoms with van der Waals surface area (Å²) in [5.41, 5.74) is 2.99. The fraction of sp³-hybridized carbons (Fsp3) is 0.308. The smallest absolute Gasteiger partial charge is 0.119 e. The molecule has 0 saturated heterocycles. The molecule has 0 N–H and O–H groups in total. The molecular weight excluding hydrogens is 204 g/mol. The molecule has 16 heavy (non-hydrogen) atoms. The Morgan fingerprint density at radius 3 is 2.94 bits per heavy atom. The molecule has 3 nitrogen and oxygen atoms in total. The molecule has 2 rings (SSSR count). The minimum Gasteiger partial charge on any atom is -0.545 e. The lowest BCUT2D eigenvalue weighted by atomic mass is 9.87. The van der Waals surface area contributed by atoms with Gasteiger partial charge in [-0.1, -0.05) is 6.07 Å². The van der Waals surface area contributed by atoms with Gasteiger partial charge in [-0.3, -0.25) is 0 Å². The maximum atomic E-state index is 10.6. The van der Waals surface area contributed by atoms with E-state index in [2.05, 4.69) is 0 Å². The lowest BCUT2D eigenvalue weighted by molar-refractivity contribution is -0.297. The van der Waals surface area contributed by atoms with Crippen molar-refractivity contribution >= 4 is 11.5 Å². The van der Waals surface area contributed by atoms with E-state index in [0.717, 1.165) is 36.1 Å². The van der Waals surface area contributed by atoms with Crippen LogP contribution >= 0.6 is 0 Å². The molecule has 0 atom stereocenters. The third-order valence-electron chi connectivity index (χ3n) is 2.85. The number of hydrogen-bond acceptors (Lipinski definition) is 3. The normalized spacial score (nSPS) is 16.9. The monoisotopic (exact) mass is 217 g/mol. The number of rotatable bonds is 2. The second kappa shape index (κ2) is 4.39. The van der Waals surface area contributed by atoms with Crippen LogP contribution < -0.4 is 9.84 Å². The average molecular weight is 217 g/mol. The summed E-state index contributed by atoms with van der Waals surface area (Å²) in [6.45, 7) is 0. The minimum atomic E-state index is -1.13. The van der Waals surface area contributed by atoms with E-state index < -0.39 is 5.97 Å². The van der Waals surface area contributed by atoms with E-state index in [1.165, 1.54) is 11.6 Å². The number of aryl methyl sites for hydroxylation is 1. The van der Waals surface area contributed by atoms with E-state index in [0.29, 0.717) is 0 Å². The molecule has 0 amide bonds. The summed E-state index contributed by atoms with van der Waals surface area (Å²) < 4.78 is 5.14. The Balaban J connectivity index is 2.47. The third kappa shape index (κ3) is 2.08. The Hall–Kier alpha value is -1.77. The molecule has 3 heteroatoms. The van der Waals surface area contributed by atoms with Crippen LogP contribution in [0.15, 0.2) is 24.3 Å². The Morgan fingerprint density at radius 1 is 1.44 bits per heavy atom. The Morgan fingerprint density at radius 2 is 2.25 bits per heavy atom. The zero-order chi connectivity index (χ0) is 11.5. The predicted octanol–water partition coefficient (Wildman–Crippen LogP) is 1.16. The molecule has 1 aromatic rings. The van der Waals surface area contributed by atoms with E-state index in [4.69, 9.17) is 4.74 Å². The number of methoxy groups -OCH3 is 1. The molecule has 1 aliphatic carbocycles. The second-order valence-electron chi connectivity index (χ2n) is 3.87. The molecule has 0 aliphatic heterocycles. The number of fused-ring (bicyclic) bond motifs is 1. The van der Waals surface area contributed by atoms with Crippen LogP contribution in [-0.4, -0.2) is 13.1 Å². The van der Waals surface area contributed by atoms with Crippen molar-refractivity contribution in [2.24, 2.45) is 0 Å². The first kappa shape index (κ1) is 10.7. The molecule has 0 saturated carbocycles. The highest BCUT2D eigenvalue weighted by molar-refractivity contribution is 5.89. The highest BCUT2D eigenvalue weighted by Gasteiger charge is 2.14. The molecule has 84 valence electrons. The Bertz CT molecular complexity index is 446. The van der Waals surface area contributed by atoms with Crippen molar-refractivity contribution in [2.75, 3.05) is 7.11 Å². The van der Waals surface area contributed by atoms with Gasteiger partial charge in [0.1, 0.15) is 5.75 Å². The van der Waals surface area contributed by atoms with Crippen LogP contribution in [-0.2, 0) is 11.2 Å². The number of carbonyl (C=O) groups excluding carboxylic acids is 1. The Kier molecular flexibility index (Phi) is 2.95. The van der Waals surface area contributed by atoms with E-state index in [1.807, 2.05) is 18.2 Å². The molecule has 1 aliphatic rings. The van der Waals surface area contributed by atoms with Crippen molar-refractivity contribution in [2.45, 2.75) is 19.3 Å². The van der Waals surface area contributed by atoms with Crippen molar-refractivity contribution in [3.63, 3.8) is 0 Å².